The molecule has 0 spiro atoms. The van der Waals surface area contributed by atoms with Crippen molar-refractivity contribution in [3.8, 4) is 0 Å². The van der Waals surface area contributed by atoms with Crippen LogP contribution in [0.1, 0.15) is 57.5 Å². The number of rotatable bonds is 5. The summed E-state index contributed by atoms with van der Waals surface area (Å²) in [5.41, 5.74) is 9.74. The van der Waals surface area contributed by atoms with Crippen LogP contribution in [0.5, 0.6) is 0 Å². The molecule has 0 amide bonds. The van der Waals surface area contributed by atoms with Crippen molar-refractivity contribution < 1.29 is 10.2 Å². The van der Waals surface area contributed by atoms with Gasteiger partial charge < -0.3 is 20.9 Å². The first-order valence-electron chi connectivity index (χ1n) is 9.81. The third-order valence-corrected chi connectivity index (χ3v) is 6.39. The van der Waals surface area contributed by atoms with Gasteiger partial charge in [0, 0.05) is 23.6 Å². The number of hydrogen-bond acceptors (Lipinski definition) is 5. The molecule has 1 aliphatic carbocycles. The van der Waals surface area contributed by atoms with Crippen LogP contribution in [0.15, 0.2) is 18.5 Å². The fourth-order valence-corrected chi connectivity index (χ4v) is 4.44. The van der Waals surface area contributed by atoms with Gasteiger partial charge >= 0.3 is 0 Å². The van der Waals surface area contributed by atoms with Crippen LogP contribution in [0, 0.1) is 0 Å². The molecule has 3 heterocycles. The Morgan fingerprint density at radius 3 is 2.70 bits per heavy atom. The topological polar surface area (TPSA) is 112 Å². The Hall–Kier alpha value is -1.96. The van der Waals surface area contributed by atoms with Gasteiger partial charge in [0.1, 0.15) is 5.82 Å². The van der Waals surface area contributed by atoms with Crippen LogP contribution in [0.2, 0.25) is 0 Å². The number of nitrogens with two attached hydrogens (primary N) is 1. The van der Waals surface area contributed by atoms with Crippen molar-refractivity contribution in [1.29, 1.82) is 0 Å². The summed E-state index contributed by atoms with van der Waals surface area (Å²) in [6, 6.07) is 2.02. The summed E-state index contributed by atoms with van der Waals surface area (Å²) in [5, 5.41) is 19.3. The van der Waals surface area contributed by atoms with Crippen LogP contribution < -0.4 is 5.73 Å². The number of fused-ring (bicyclic) bond motifs is 3. The molecule has 3 aromatic heterocycles. The summed E-state index contributed by atoms with van der Waals surface area (Å²) in [6.45, 7) is 4.07. The first kappa shape index (κ1) is 18.4. The zero-order chi connectivity index (χ0) is 19.2. The molecule has 5 N–H and O–H groups in total. The monoisotopic (exact) mass is 371 g/mol. The van der Waals surface area contributed by atoms with Gasteiger partial charge in [-0.15, -0.1) is 0 Å². The van der Waals surface area contributed by atoms with Crippen LogP contribution in [-0.4, -0.2) is 47.8 Å². The number of nitrogens with zero attached hydrogens (tertiary/aromatic N) is 3. The zero-order valence-electron chi connectivity index (χ0n) is 16.1. The Labute approximate surface area is 158 Å². The highest BCUT2D eigenvalue weighted by Crippen LogP contribution is 2.45. The van der Waals surface area contributed by atoms with Gasteiger partial charge in [0.05, 0.1) is 35.6 Å². The molecule has 1 fully saturated rings. The van der Waals surface area contributed by atoms with Gasteiger partial charge in [-0.3, -0.25) is 4.40 Å². The average molecular weight is 371 g/mol. The van der Waals surface area contributed by atoms with Crippen molar-refractivity contribution in [2.24, 2.45) is 5.73 Å². The molecule has 0 radical (unpaired) electrons. The molecule has 1 saturated carbocycles. The van der Waals surface area contributed by atoms with Crippen molar-refractivity contribution in [1.82, 2.24) is 19.4 Å². The van der Waals surface area contributed by atoms with E-state index in [9.17, 15) is 10.2 Å². The lowest BCUT2D eigenvalue weighted by atomic mass is 9.66. The maximum atomic E-state index is 10.0. The van der Waals surface area contributed by atoms with E-state index in [-0.39, 0.29) is 17.6 Å². The summed E-state index contributed by atoms with van der Waals surface area (Å²) >= 11 is 0. The van der Waals surface area contributed by atoms with Crippen LogP contribution in [0.4, 0.5) is 0 Å². The van der Waals surface area contributed by atoms with E-state index in [1.54, 1.807) is 0 Å². The highest BCUT2D eigenvalue weighted by atomic mass is 16.3. The number of aromatic amines is 1. The predicted octanol–water partition coefficient (Wildman–Crippen LogP) is 2.05. The molecule has 0 aliphatic heterocycles. The Bertz CT molecular complexity index is 948. The fourth-order valence-electron chi connectivity index (χ4n) is 4.44. The summed E-state index contributed by atoms with van der Waals surface area (Å²) in [5.74, 6) is 1.03. The lowest BCUT2D eigenvalue weighted by Gasteiger charge is -2.42. The maximum absolute atomic E-state index is 10.0. The number of imidazole rings is 1. The fraction of sp³-hybridized carbons (Fsp3) is 0.600. The molecule has 146 valence electrons. The van der Waals surface area contributed by atoms with Gasteiger partial charge in [-0.05, 0) is 45.1 Å². The van der Waals surface area contributed by atoms with Crippen molar-refractivity contribution in [3.63, 3.8) is 0 Å². The van der Waals surface area contributed by atoms with E-state index in [0.717, 1.165) is 60.3 Å². The largest absolute Gasteiger partial charge is 0.394 e. The molecular formula is C20H29N5O2. The minimum absolute atomic E-state index is 0.0459. The van der Waals surface area contributed by atoms with Crippen molar-refractivity contribution >= 4 is 16.7 Å². The average Bonchev–Trinajstić information content (AvgIpc) is 3.27. The van der Waals surface area contributed by atoms with Crippen molar-refractivity contribution in [2.75, 3.05) is 6.61 Å². The van der Waals surface area contributed by atoms with Gasteiger partial charge in [-0.1, -0.05) is 6.92 Å². The first-order valence-corrected chi connectivity index (χ1v) is 9.81. The molecule has 1 unspecified atom stereocenters. The Morgan fingerprint density at radius 1 is 1.30 bits per heavy atom. The molecular weight excluding hydrogens is 342 g/mol. The second-order valence-electron chi connectivity index (χ2n) is 8.40. The third-order valence-electron chi connectivity index (χ3n) is 6.39. The van der Waals surface area contributed by atoms with Gasteiger partial charge in [0.15, 0.2) is 5.65 Å². The van der Waals surface area contributed by atoms with E-state index in [0.29, 0.717) is 6.42 Å². The number of aliphatic hydroxyl groups excluding tert-OH is 2. The van der Waals surface area contributed by atoms with Crippen LogP contribution in [-0.2, 0) is 11.8 Å². The molecule has 3 aromatic rings. The molecule has 1 atom stereocenters. The number of aliphatic hydroxyl groups is 2. The van der Waals surface area contributed by atoms with E-state index in [1.807, 2.05) is 18.5 Å². The van der Waals surface area contributed by atoms with E-state index in [2.05, 4.69) is 28.2 Å². The second-order valence-corrected chi connectivity index (χ2v) is 8.40. The van der Waals surface area contributed by atoms with Crippen LogP contribution in [0.25, 0.3) is 16.7 Å². The summed E-state index contributed by atoms with van der Waals surface area (Å²) < 4.78 is 2.20. The Balaban J connectivity index is 1.92. The quantitative estimate of drug-likeness (QED) is 0.548. The van der Waals surface area contributed by atoms with Crippen LogP contribution in [0.3, 0.4) is 0 Å². The second kappa shape index (κ2) is 6.58. The van der Waals surface area contributed by atoms with Gasteiger partial charge in [-0.2, -0.15) is 0 Å². The molecule has 27 heavy (non-hydrogen) atoms. The van der Waals surface area contributed by atoms with Gasteiger partial charge in [0.2, 0.25) is 0 Å². The maximum Gasteiger partial charge on any atom is 0.154 e. The highest BCUT2D eigenvalue weighted by molar-refractivity contribution is 5.76. The summed E-state index contributed by atoms with van der Waals surface area (Å²) in [4.78, 5) is 12.7. The van der Waals surface area contributed by atoms with E-state index >= 15 is 0 Å². The Morgan fingerprint density at radius 2 is 2.04 bits per heavy atom. The SMILES string of the molecule is CCC1(c2nc(CC(O)CO)c3cnc4[nH]ccc4n23)CCC(C)(N)CC1. The number of nitrogens with one attached hydrogen (secondary N) is 1. The molecule has 7 nitrogen and oxygen atoms in total. The molecule has 7 heteroatoms. The summed E-state index contributed by atoms with van der Waals surface area (Å²) in [7, 11) is 0. The van der Waals surface area contributed by atoms with E-state index in [1.165, 1.54) is 0 Å². The zero-order valence-corrected chi connectivity index (χ0v) is 16.1. The minimum atomic E-state index is -0.824. The van der Waals surface area contributed by atoms with Gasteiger partial charge in [-0.25, -0.2) is 9.97 Å². The minimum Gasteiger partial charge on any atom is -0.394 e. The third kappa shape index (κ3) is 3.03. The van der Waals surface area contributed by atoms with E-state index in [4.69, 9.17) is 10.7 Å². The highest BCUT2D eigenvalue weighted by Gasteiger charge is 2.42. The normalized spacial score (nSPS) is 27.4. The number of hydrogen-bond donors (Lipinski definition) is 4. The van der Waals surface area contributed by atoms with E-state index < -0.39 is 6.10 Å². The molecule has 0 saturated heterocycles. The molecule has 0 aromatic carbocycles. The summed E-state index contributed by atoms with van der Waals surface area (Å²) in [6.07, 6.45) is 8.09. The number of H-pyrrole nitrogens is 1. The first-order chi connectivity index (χ1) is 12.9. The lowest BCUT2D eigenvalue weighted by molar-refractivity contribution is 0.0949. The predicted molar refractivity (Wildman–Crippen MR) is 105 cm³/mol. The number of aromatic nitrogens is 4. The van der Waals surface area contributed by atoms with Crippen molar-refractivity contribution in [3.05, 3.63) is 30.0 Å². The Kier molecular flexibility index (Phi) is 4.49. The molecule has 0 bridgehead atoms. The van der Waals surface area contributed by atoms with Crippen molar-refractivity contribution in [2.45, 2.75) is 69.4 Å². The van der Waals surface area contributed by atoms with Gasteiger partial charge in [0.25, 0.3) is 0 Å². The molecule has 4 rings (SSSR count). The standard InChI is InChI=1S/C20H29N5O2/c1-3-20(7-5-19(2,21)6-8-20)18-24-14(10-13(27)12-26)16-11-23-17-15(25(16)18)4-9-22-17/h4,9,11,13,22,26-27H,3,5-8,10,12,21H2,1-2H3. The van der Waals surface area contributed by atoms with Crippen LogP contribution >= 0.6 is 0 Å². The lowest BCUT2D eigenvalue weighted by Crippen LogP contribution is -2.45. The smallest absolute Gasteiger partial charge is 0.154 e. The molecule has 1 aliphatic rings.